The van der Waals surface area contributed by atoms with E-state index in [9.17, 15) is 37.0 Å². The zero-order valence-corrected chi connectivity index (χ0v) is 20.3. The fourth-order valence-corrected chi connectivity index (χ4v) is 3.75. The van der Waals surface area contributed by atoms with E-state index < -0.39 is 43.6 Å². The molecule has 2 aromatic carbocycles. The van der Waals surface area contributed by atoms with Crippen LogP contribution in [-0.2, 0) is 13.1 Å². The number of alkyl halides is 5. The van der Waals surface area contributed by atoms with E-state index in [4.69, 9.17) is 11.6 Å². The Kier molecular flexibility index (Phi) is 7.67. The molecular formula is C23H20ClF5N6O3. The highest BCUT2D eigenvalue weighted by Gasteiger charge is 2.39. The predicted molar refractivity (Wildman–Crippen MR) is 125 cm³/mol. The minimum Gasteiger partial charge on any atom is -0.385 e. The normalized spacial score (nSPS) is 13.7. The summed E-state index contributed by atoms with van der Waals surface area (Å²) in [6.07, 6.45) is -11.8. The maximum Gasteiger partial charge on any atom is 0.416 e. The van der Waals surface area contributed by atoms with Crippen molar-refractivity contribution in [2.45, 2.75) is 44.8 Å². The van der Waals surface area contributed by atoms with Crippen molar-refractivity contribution < 1.29 is 32.2 Å². The molecule has 0 aliphatic rings. The Morgan fingerprint density at radius 3 is 2.34 bits per heavy atom. The molecule has 0 radical (unpaired) electrons. The van der Waals surface area contributed by atoms with Crippen LogP contribution in [0.2, 0.25) is 5.02 Å². The number of aromatic nitrogens is 6. The van der Waals surface area contributed by atoms with Crippen LogP contribution in [0.25, 0.3) is 17.1 Å². The monoisotopic (exact) mass is 558 g/mol. The van der Waals surface area contributed by atoms with E-state index in [1.165, 1.54) is 49.4 Å². The lowest BCUT2D eigenvalue weighted by Crippen LogP contribution is -2.37. The van der Waals surface area contributed by atoms with Gasteiger partial charge in [-0.2, -0.15) is 13.2 Å². The van der Waals surface area contributed by atoms with Gasteiger partial charge < -0.3 is 10.2 Å². The molecule has 38 heavy (non-hydrogen) atoms. The van der Waals surface area contributed by atoms with Gasteiger partial charge in [0.05, 0.1) is 12.2 Å². The Hall–Kier alpha value is -3.62. The fraction of sp³-hybridized carbons (Fsp3) is 0.304. The summed E-state index contributed by atoms with van der Waals surface area (Å²) in [4.78, 5) is 17.3. The van der Waals surface area contributed by atoms with Crippen LogP contribution in [0.5, 0.6) is 0 Å². The van der Waals surface area contributed by atoms with Crippen molar-refractivity contribution >= 4 is 11.6 Å². The predicted octanol–water partition coefficient (Wildman–Crippen LogP) is 3.91. The van der Waals surface area contributed by atoms with Crippen molar-refractivity contribution in [3.8, 4) is 17.1 Å². The molecule has 9 nitrogen and oxygen atoms in total. The first-order chi connectivity index (χ1) is 17.8. The Balaban J connectivity index is 1.76. The van der Waals surface area contributed by atoms with Gasteiger partial charge >= 0.3 is 11.9 Å². The van der Waals surface area contributed by atoms with E-state index in [-0.39, 0.29) is 34.3 Å². The molecule has 4 aromatic rings. The van der Waals surface area contributed by atoms with Gasteiger partial charge in [0.25, 0.3) is 6.43 Å². The molecule has 2 heterocycles. The first-order valence-corrected chi connectivity index (χ1v) is 11.4. The second-order valence-corrected chi connectivity index (χ2v) is 8.74. The number of rotatable bonds is 8. The second kappa shape index (κ2) is 10.6. The summed E-state index contributed by atoms with van der Waals surface area (Å²) in [5.74, 6) is -0.270. The van der Waals surface area contributed by atoms with Crippen LogP contribution in [-0.4, -0.2) is 51.6 Å². The molecule has 0 aliphatic carbocycles. The lowest BCUT2D eigenvalue weighted by molar-refractivity contribution is -0.207. The largest absolute Gasteiger partial charge is 0.416 e. The van der Waals surface area contributed by atoms with Crippen LogP contribution in [0, 0.1) is 0 Å². The molecule has 2 atom stereocenters. The quantitative estimate of drug-likeness (QED) is 0.317. The van der Waals surface area contributed by atoms with Crippen LogP contribution in [0.1, 0.15) is 36.7 Å². The van der Waals surface area contributed by atoms with Crippen LogP contribution in [0.4, 0.5) is 22.0 Å². The molecular weight excluding hydrogens is 539 g/mol. The Labute approximate surface area is 216 Å². The number of aliphatic hydroxyl groups is 2. The van der Waals surface area contributed by atoms with Crippen molar-refractivity contribution in [3.63, 3.8) is 0 Å². The van der Waals surface area contributed by atoms with E-state index in [1.54, 1.807) is 0 Å². The van der Waals surface area contributed by atoms with Gasteiger partial charge in [0.15, 0.2) is 23.6 Å². The van der Waals surface area contributed by atoms with Gasteiger partial charge in [-0.3, -0.25) is 4.57 Å². The van der Waals surface area contributed by atoms with Crippen molar-refractivity contribution in [1.29, 1.82) is 0 Å². The summed E-state index contributed by atoms with van der Waals surface area (Å²) in [7, 11) is 0. The summed E-state index contributed by atoms with van der Waals surface area (Å²) >= 11 is 5.88. The van der Waals surface area contributed by atoms with Gasteiger partial charge in [0, 0.05) is 16.1 Å². The number of halogens is 6. The van der Waals surface area contributed by atoms with Gasteiger partial charge in [-0.1, -0.05) is 23.7 Å². The van der Waals surface area contributed by atoms with E-state index >= 15 is 0 Å². The van der Waals surface area contributed by atoms with Crippen LogP contribution < -0.4 is 5.69 Å². The molecule has 2 aromatic heterocycles. The topological polar surface area (TPSA) is 111 Å². The van der Waals surface area contributed by atoms with Gasteiger partial charge in [0.1, 0.15) is 12.6 Å². The number of hydrogen-bond acceptors (Lipinski definition) is 6. The molecule has 0 spiro atoms. The Morgan fingerprint density at radius 1 is 1.05 bits per heavy atom. The van der Waals surface area contributed by atoms with Crippen molar-refractivity contribution in [1.82, 2.24) is 29.1 Å². The first-order valence-electron chi connectivity index (χ1n) is 11.1. The van der Waals surface area contributed by atoms with E-state index in [0.717, 1.165) is 15.4 Å². The van der Waals surface area contributed by atoms with Crippen molar-refractivity contribution in [3.05, 3.63) is 81.3 Å². The van der Waals surface area contributed by atoms with E-state index in [1.807, 2.05) is 0 Å². The Morgan fingerprint density at radius 2 is 1.74 bits per heavy atom. The number of nitrogens with zero attached hydrogens (tertiary/aromatic N) is 6. The lowest BCUT2D eigenvalue weighted by atomic mass is 10.2. The summed E-state index contributed by atoms with van der Waals surface area (Å²) in [5.41, 5.74) is -0.855. The summed E-state index contributed by atoms with van der Waals surface area (Å²) < 4.78 is 68.2. The number of hydrogen-bond donors (Lipinski definition) is 2. The molecule has 0 amide bonds. The van der Waals surface area contributed by atoms with Crippen LogP contribution in [0.15, 0.2) is 53.3 Å². The molecule has 0 saturated heterocycles. The van der Waals surface area contributed by atoms with E-state index in [2.05, 4.69) is 15.2 Å². The zero-order chi connectivity index (χ0) is 27.8. The van der Waals surface area contributed by atoms with Gasteiger partial charge in [0.2, 0.25) is 0 Å². The lowest BCUT2D eigenvalue weighted by Gasteiger charge is -2.15. The molecule has 202 valence electrons. The van der Waals surface area contributed by atoms with Crippen LogP contribution in [0.3, 0.4) is 0 Å². The van der Waals surface area contributed by atoms with E-state index in [0.29, 0.717) is 9.59 Å². The maximum absolute atomic E-state index is 13.2. The molecule has 0 fully saturated rings. The minimum absolute atomic E-state index is 0.0238. The molecule has 1 unspecified atom stereocenters. The highest BCUT2D eigenvalue weighted by molar-refractivity contribution is 6.30. The van der Waals surface area contributed by atoms with Gasteiger partial charge in [-0.15, -0.1) is 10.2 Å². The van der Waals surface area contributed by atoms with Gasteiger partial charge in [-0.05, 0) is 43.3 Å². The van der Waals surface area contributed by atoms with Crippen LogP contribution >= 0.6 is 11.6 Å². The third kappa shape index (κ3) is 5.76. The fourth-order valence-electron chi connectivity index (χ4n) is 3.62. The van der Waals surface area contributed by atoms with Crippen molar-refractivity contribution in [2.75, 3.05) is 0 Å². The Bertz CT molecular complexity index is 1480. The summed E-state index contributed by atoms with van der Waals surface area (Å²) in [6.45, 7) is -0.184. The minimum atomic E-state index is -4.99. The van der Waals surface area contributed by atoms with Gasteiger partial charge in [-0.25, -0.2) is 27.9 Å². The highest BCUT2D eigenvalue weighted by Crippen LogP contribution is 2.25. The standard InChI is InChI=1S/C23H20ClF5N6O3/c1-12(36)20-30-18(31-35(20)16-4-2-3-14(9-16)19(25)26)11-34-22(38)33(10-17(37)23(27,28)29)21(32-34)13-5-7-15(24)8-6-13/h2-9,12,17,19,36-37H,10-11H2,1H3/t12?,17-/m0/s1. The number of benzene rings is 2. The third-order valence-electron chi connectivity index (χ3n) is 5.47. The summed E-state index contributed by atoms with van der Waals surface area (Å²) in [6, 6.07) is 11.0. The SMILES string of the molecule is CC(O)c1nc(Cn2nc(-c3ccc(Cl)cc3)n(C[C@H](O)C(F)(F)F)c2=O)nn1-c1cccc(C(F)F)c1. The molecule has 2 N–H and O–H groups in total. The third-order valence-corrected chi connectivity index (χ3v) is 5.72. The number of aliphatic hydroxyl groups excluding tert-OH is 2. The average molecular weight is 559 g/mol. The average Bonchev–Trinajstić information content (AvgIpc) is 3.41. The molecule has 0 bridgehead atoms. The molecule has 0 aliphatic heterocycles. The van der Waals surface area contributed by atoms with Crippen molar-refractivity contribution in [2.24, 2.45) is 0 Å². The smallest absolute Gasteiger partial charge is 0.385 e. The summed E-state index contributed by atoms with van der Waals surface area (Å²) in [5, 5.41) is 28.5. The highest BCUT2D eigenvalue weighted by atomic mass is 35.5. The molecule has 15 heteroatoms. The zero-order valence-electron chi connectivity index (χ0n) is 19.5. The first kappa shape index (κ1) is 27.4. The molecule has 4 rings (SSSR count). The second-order valence-electron chi connectivity index (χ2n) is 8.31. The maximum atomic E-state index is 13.2. The molecule has 0 saturated carbocycles.